The molecular weight excluding hydrogens is 264 g/mol. The number of rotatable bonds is 2. The lowest BCUT2D eigenvalue weighted by Crippen LogP contribution is -2.50. The minimum atomic E-state index is 0.0718. The standard InChI is InChI=1S/C17H20N2O2/c20-16-11-18(17(21)12-5-1-2-6-12)14-7-3-4-8-15(14)19(16)13-9-10-13/h3-4,7-8,12-13H,1-2,5-6,9-11H2. The summed E-state index contributed by atoms with van der Waals surface area (Å²) in [6, 6.07) is 8.20. The van der Waals surface area contributed by atoms with Crippen LogP contribution in [0.1, 0.15) is 38.5 Å². The molecule has 0 unspecified atom stereocenters. The molecule has 4 rings (SSSR count). The summed E-state index contributed by atoms with van der Waals surface area (Å²) >= 11 is 0. The molecule has 0 spiro atoms. The molecule has 0 radical (unpaired) electrons. The molecule has 2 saturated carbocycles. The number of hydrogen-bond acceptors (Lipinski definition) is 2. The third-order valence-electron chi connectivity index (χ3n) is 4.88. The zero-order chi connectivity index (χ0) is 14.4. The SMILES string of the molecule is O=C(C1CCCC1)N1CC(=O)N(C2CC2)c2ccccc21. The summed E-state index contributed by atoms with van der Waals surface area (Å²) in [7, 11) is 0. The summed E-state index contributed by atoms with van der Waals surface area (Å²) < 4.78 is 0. The van der Waals surface area contributed by atoms with Gasteiger partial charge >= 0.3 is 0 Å². The van der Waals surface area contributed by atoms with E-state index in [1.807, 2.05) is 29.2 Å². The molecule has 110 valence electrons. The van der Waals surface area contributed by atoms with Crippen LogP contribution < -0.4 is 9.80 Å². The number of anilines is 2. The van der Waals surface area contributed by atoms with Crippen molar-refractivity contribution in [2.24, 2.45) is 5.92 Å². The van der Waals surface area contributed by atoms with Gasteiger partial charge in [-0.1, -0.05) is 25.0 Å². The van der Waals surface area contributed by atoms with Crippen molar-refractivity contribution >= 4 is 23.2 Å². The number of hydrogen-bond donors (Lipinski definition) is 0. The zero-order valence-corrected chi connectivity index (χ0v) is 12.1. The normalized spacial score (nSPS) is 22.6. The fourth-order valence-electron chi connectivity index (χ4n) is 3.65. The van der Waals surface area contributed by atoms with E-state index in [1.54, 1.807) is 4.90 Å². The highest BCUT2D eigenvalue weighted by molar-refractivity contribution is 6.12. The van der Waals surface area contributed by atoms with Crippen LogP contribution in [-0.2, 0) is 9.59 Å². The van der Waals surface area contributed by atoms with Crippen LogP contribution in [0.25, 0.3) is 0 Å². The van der Waals surface area contributed by atoms with Crippen molar-refractivity contribution in [1.29, 1.82) is 0 Å². The van der Waals surface area contributed by atoms with Crippen molar-refractivity contribution in [2.45, 2.75) is 44.6 Å². The molecule has 0 saturated heterocycles. The Morgan fingerprint density at radius 1 is 1.00 bits per heavy atom. The molecule has 0 bridgehead atoms. The first-order valence-electron chi connectivity index (χ1n) is 7.98. The Labute approximate surface area is 124 Å². The number of carbonyl (C=O) groups is 2. The van der Waals surface area contributed by atoms with Gasteiger partial charge in [0.15, 0.2) is 0 Å². The molecule has 1 aromatic carbocycles. The second-order valence-corrected chi connectivity index (χ2v) is 6.39. The van der Waals surface area contributed by atoms with Crippen molar-refractivity contribution < 1.29 is 9.59 Å². The topological polar surface area (TPSA) is 40.6 Å². The lowest BCUT2D eigenvalue weighted by molar-refractivity contribution is -0.125. The minimum Gasteiger partial charge on any atom is -0.306 e. The molecule has 4 heteroatoms. The Kier molecular flexibility index (Phi) is 2.98. The van der Waals surface area contributed by atoms with Crippen LogP contribution in [0.3, 0.4) is 0 Å². The Hall–Kier alpha value is -1.84. The van der Waals surface area contributed by atoms with Gasteiger partial charge in [-0.25, -0.2) is 0 Å². The molecule has 1 heterocycles. The molecule has 2 aliphatic carbocycles. The number of benzene rings is 1. The van der Waals surface area contributed by atoms with E-state index in [-0.39, 0.29) is 24.3 Å². The molecule has 1 aliphatic heterocycles. The maximum absolute atomic E-state index is 12.8. The van der Waals surface area contributed by atoms with Gasteiger partial charge in [-0.15, -0.1) is 0 Å². The summed E-state index contributed by atoms with van der Waals surface area (Å²) in [4.78, 5) is 28.9. The van der Waals surface area contributed by atoms with Gasteiger partial charge in [0.2, 0.25) is 11.8 Å². The number of para-hydroxylation sites is 2. The van der Waals surface area contributed by atoms with Crippen LogP contribution in [-0.4, -0.2) is 24.4 Å². The van der Waals surface area contributed by atoms with E-state index in [0.717, 1.165) is 49.9 Å². The Morgan fingerprint density at radius 3 is 2.33 bits per heavy atom. The van der Waals surface area contributed by atoms with E-state index in [4.69, 9.17) is 0 Å². The van der Waals surface area contributed by atoms with E-state index in [2.05, 4.69) is 0 Å². The van der Waals surface area contributed by atoms with Crippen LogP contribution in [0.5, 0.6) is 0 Å². The fourth-order valence-corrected chi connectivity index (χ4v) is 3.65. The third kappa shape index (κ3) is 2.13. The van der Waals surface area contributed by atoms with Crippen LogP contribution in [0.15, 0.2) is 24.3 Å². The molecule has 1 aromatic rings. The molecular formula is C17H20N2O2. The number of carbonyl (C=O) groups excluding carboxylic acids is 2. The van der Waals surface area contributed by atoms with Gasteiger partial charge in [0.1, 0.15) is 6.54 Å². The first-order chi connectivity index (χ1) is 10.3. The number of amides is 2. The van der Waals surface area contributed by atoms with Gasteiger partial charge in [0.05, 0.1) is 11.4 Å². The lowest BCUT2D eigenvalue weighted by Gasteiger charge is -2.37. The van der Waals surface area contributed by atoms with Crippen molar-refractivity contribution in [3.05, 3.63) is 24.3 Å². The predicted octanol–water partition coefficient (Wildman–Crippen LogP) is 2.72. The van der Waals surface area contributed by atoms with Crippen LogP contribution in [0, 0.1) is 5.92 Å². The van der Waals surface area contributed by atoms with Crippen LogP contribution >= 0.6 is 0 Å². The number of nitrogens with zero attached hydrogens (tertiary/aromatic N) is 2. The van der Waals surface area contributed by atoms with Crippen molar-refractivity contribution in [3.63, 3.8) is 0 Å². The zero-order valence-electron chi connectivity index (χ0n) is 12.1. The number of fused-ring (bicyclic) bond motifs is 1. The predicted molar refractivity (Wildman–Crippen MR) is 81.3 cm³/mol. The van der Waals surface area contributed by atoms with Crippen molar-refractivity contribution in [1.82, 2.24) is 0 Å². The molecule has 0 N–H and O–H groups in total. The highest BCUT2D eigenvalue weighted by atomic mass is 16.2. The first kappa shape index (κ1) is 12.9. The molecule has 0 aromatic heterocycles. The van der Waals surface area contributed by atoms with Gasteiger partial charge in [-0.3, -0.25) is 9.59 Å². The van der Waals surface area contributed by atoms with Gasteiger partial charge < -0.3 is 9.80 Å². The first-order valence-corrected chi connectivity index (χ1v) is 7.98. The molecule has 4 nitrogen and oxygen atoms in total. The van der Waals surface area contributed by atoms with Crippen molar-refractivity contribution in [3.8, 4) is 0 Å². The van der Waals surface area contributed by atoms with Gasteiger partial charge in [-0.2, -0.15) is 0 Å². The fraction of sp³-hybridized carbons (Fsp3) is 0.529. The molecule has 0 atom stereocenters. The van der Waals surface area contributed by atoms with E-state index >= 15 is 0 Å². The second kappa shape index (κ2) is 4.86. The van der Waals surface area contributed by atoms with Crippen LogP contribution in [0.4, 0.5) is 11.4 Å². The Balaban J connectivity index is 1.70. The summed E-state index contributed by atoms with van der Waals surface area (Å²) in [5.41, 5.74) is 1.84. The molecule has 3 aliphatic rings. The maximum Gasteiger partial charge on any atom is 0.247 e. The average molecular weight is 284 g/mol. The largest absolute Gasteiger partial charge is 0.306 e. The van der Waals surface area contributed by atoms with E-state index < -0.39 is 0 Å². The summed E-state index contributed by atoms with van der Waals surface area (Å²) in [5.74, 6) is 0.324. The maximum atomic E-state index is 12.8. The monoisotopic (exact) mass is 284 g/mol. The van der Waals surface area contributed by atoms with Gasteiger partial charge in [-0.05, 0) is 37.8 Å². The average Bonchev–Trinajstić information content (AvgIpc) is 3.18. The van der Waals surface area contributed by atoms with E-state index in [1.165, 1.54) is 0 Å². The van der Waals surface area contributed by atoms with E-state index in [9.17, 15) is 9.59 Å². The van der Waals surface area contributed by atoms with E-state index in [0.29, 0.717) is 6.04 Å². The summed E-state index contributed by atoms with van der Waals surface area (Å²) in [6.45, 7) is 0.211. The summed E-state index contributed by atoms with van der Waals surface area (Å²) in [5, 5.41) is 0. The third-order valence-corrected chi connectivity index (χ3v) is 4.88. The summed E-state index contributed by atoms with van der Waals surface area (Å²) in [6.07, 6.45) is 6.37. The quantitative estimate of drug-likeness (QED) is 0.838. The second-order valence-electron chi connectivity index (χ2n) is 6.39. The minimum absolute atomic E-state index is 0.0718. The van der Waals surface area contributed by atoms with Gasteiger partial charge in [0.25, 0.3) is 0 Å². The molecule has 2 amide bonds. The Morgan fingerprint density at radius 2 is 1.67 bits per heavy atom. The van der Waals surface area contributed by atoms with Crippen LogP contribution in [0.2, 0.25) is 0 Å². The van der Waals surface area contributed by atoms with Crippen molar-refractivity contribution in [2.75, 3.05) is 16.3 Å². The lowest BCUT2D eigenvalue weighted by atomic mass is 10.0. The smallest absolute Gasteiger partial charge is 0.247 e. The molecule has 2 fully saturated rings. The molecule has 21 heavy (non-hydrogen) atoms. The van der Waals surface area contributed by atoms with Gasteiger partial charge in [0, 0.05) is 12.0 Å². The highest BCUT2D eigenvalue weighted by Gasteiger charge is 2.41. The highest BCUT2D eigenvalue weighted by Crippen LogP contribution is 2.41. The Bertz CT molecular complexity index is 588.